The van der Waals surface area contributed by atoms with Crippen molar-refractivity contribution < 1.29 is 24.2 Å². The van der Waals surface area contributed by atoms with Crippen molar-refractivity contribution in [1.82, 2.24) is 10.2 Å². The zero-order chi connectivity index (χ0) is 18.7. The van der Waals surface area contributed by atoms with Crippen molar-refractivity contribution in [2.24, 2.45) is 5.92 Å². The van der Waals surface area contributed by atoms with Crippen LogP contribution in [0.25, 0.3) is 0 Å². The number of carbonyl (C=O) groups is 3. The van der Waals surface area contributed by atoms with Crippen LogP contribution in [-0.4, -0.2) is 59.6 Å². The molecule has 2 heterocycles. The minimum Gasteiger partial charge on any atom is -0.479 e. The van der Waals surface area contributed by atoms with E-state index >= 15 is 0 Å². The second kappa shape index (κ2) is 7.63. The highest BCUT2D eigenvalue weighted by Crippen LogP contribution is 2.23. The van der Waals surface area contributed by atoms with Gasteiger partial charge in [-0.3, -0.25) is 9.59 Å². The van der Waals surface area contributed by atoms with Gasteiger partial charge in [0.15, 0.2) is 5.54 Å². The first-order chi connectivity index (χ1) is 12.4. The lowest BCUT2D eigenvalue weighted by molar-refractivity contribution is -0.148. The number of nitrogens with one attached hydrogen (secondary N) is 1. The summed E-state index contributed by atoms with van der Waals surface area (Å²) in [6, 6.07) is 6.62. The van der Waals surface area contributed by atoms with Crippen LogP contribution in [0.15, 0.2) is 24.3 Å². The van der Waals surface area contributed by atoms with Crippen LogP contribution >= 0.6 is 11.6 Å². The van der Waals surface area contributed by atoms with Crippen LogP contribution in [0.4, 0.5) is 0 Å². The fourth-order valence-corrected chi connectivity index (χ4v) is 3.50. The van der Waals surface area contributed by atoms with Crippen LogP contribution in [0.2, 0.25) is 5.02 Å². The molecule has 0 saturated carbocycles. The fourth-order valence-electron chi connectivity index (χ4n) is 3.37. The lowest BCUT2D eigenvalue weighted by Crippen LogP contribution is -2.58. The normalized spacial score (nSPS) is 25.7. The molecule has 0 spiro atoms. The highest BCUT2D eigenvalue weighted by molar-refractivity contribution is 6.30. The van der Waals surface area contributed by atoms with Gasteiger partial charge in [-0.15, -0.1) is 0 Å². The minimum absolute atomic E-state index is 0.0335. The predicted octanol–water partition coefficient (Wildman–Crippen LogP) is 1.55. The summed E-state index contributed by atoms with van der Waals surface area (Å²) >= 11 is 5.85. The van der Waals surface area contributed by atoms with Gasteiger partial charge in [-0.1, -0.05) is 11.6 Å². The van der Waals surface area contributed by atoms with Crippen molar-refractivity contribution in [1.29, 1.82) is 0 Å². The molecule has 2 unspecified atom stereocenters. The SMILES string of the molecule is O=C(NC1(C(=O)O)CCOC1)C1CCCN(C(=O)c2ccc(Cl)cc2)C1. The predicted molar refractivity (Wildman–Crippen MR) is 94.0 cm³/mol. The van der Waals surface area contributed by atoms with Gasteiger partial charge in [0.05, 0.1) is 12.5 Å². The number of ether oxygens (including phenoxy) is 1. The average Bonchev–Trinajstić information content (AvgIpc) is 3.12. The third-order valence-electron chi connectivity index (χ3n) is 4.96. The first kappa shape index (κ1) is 18.7. The molecular weight excluding hydrogens is 360 g/mol. The lowest BCUT2D eigenvalue weighted by atomic mass is 9.93. The topological polar surface area (TPSA) is 95.9 Å². The molecule has 26 heavy (non-hydrogen) atoms. The number of halogens is 1. The Morgan fingerprint density at radius 3 is 2.62 bits per heavy atom. The molecule has 0 radical (unpaired) electrons. The second-order valence-electron chi connectivity index (χ2n) is 6.78. The number of rotatable bonds is 4. The van der Waals surface area contributed by atoms with E-state index in [1.165, 1.54) is 0 Å². The molecule has 2 aliphatic heterocycles. The summed E-state index contributed by atoms with van der Waals surface area (Å²) in [5.74, 6) is -2.02. The summed E-state index contributed by atoms with van der Waals surface area (Å²) in [5, 5.41) is 12.7. The molecule has 0 aromatic heterocycles. The Balaban J connectivity index is 1.66. The smallest absolute Gasteiger partial charge is 0.331 e. The fraction of sp³-hybridized carbons (Fsp3) is 0.500. The van der Waals surface area contributed by atoms with Gasteiger partial charge in [-0.2, -0.15) is 0 Å². The molecule has 1 aromatic carbocycles. The summed E-state index contributed by atoms with van der Waals surface area (Å²) < 4.78 is 5.17. The van der Waals surface area contributed by atoms with Gasteiger partial charge < -0.3 is 20.1 Å². The van der Waals surface area contributed by atoms with Crippen molar-refractivity contribution in [2.75, 3.05) is 26.3 Å². The zero-order valence-electron chi connectivity index (χ0n) is 14.2. The average molecular weight is 381 g/mol. The van der Waals surface area contributed by atoms with Crippen molar-refractivity contribution in [3.05, 3.63) is 34.9 Å². The van der Waals surface area contributed by atoms with Gasteiger partial charge in [0.25, 0.3) is 5.91 Å². The minimum atomic E-state index is -1.36. The number of amides is 2. The highest BCUT2D eigenvalue weighted by atomic mass is 35.5. The van der Waals surface area contributed by atoms with E-state index in [0.29, 0.717) is 36.6 Å². The number of nitrogens with zero attached hydrogens (tertiary/aromatic N) is 1. The molecular formula is C18H21ClN2O5. The van der Waals surface area contributed by atoms with Gasteiger partial charge in [0.2, 0.25) is 5.91 Å². The molecule has 1 aromatic rings. The molecule has 7 nitrogen and oxygen atoms in total. The van der Waals surface area contributed by atoms with E-state index in [1.54, 1.807) is 29.2 Å². The number of piperidine rings is 1. The van der Waals surface area contributed by atoms with Gasteiger partial charge in [-0.25, -0.2) is 4.79 Å². The molecule has 3 rings (SSSR count). The molecule has 2 aliphatic rings. The van der Waals surface area contributed by atoms with Gasteiger partial charge in [0, 0.05) is 36.7 Å². The first-order valence-corrected chi connectivity index (χ1v) is 8.97. The largest absolute Gasteiger partial charge is 0.479 e. The summed E-state index contributed by atoms with van der Waals surface area (Å²) in [7, 11) is 0. The number of likely N-dealkylation sites (tertiary alicyclic amines) is 1. The molecule has 2 amide bonds. The summed E-state index contributed by atoms with van der Waals surface area (Å²) in [6.07, 6.45) is 1.55. The Hall–Kier alpha value is -2.12. The highest BCUT2D eigenvalue weighted by Gasteiger charge is 2.45. The van der Waals surface area contributed by atoms with Crippen molar-refractivity contribution in [3.63, 3.8) is 0 Å². The molecule has 0 bridgehead atoms. The van der Waals surface area contributed by atoms with E-state index in [0.717, 1.165) is 0 Å². The maximum Gasteiger partial charge on any atom is 0.331 e. The number of hydrogen-bond acceptors (Lipinski definition) is 4. The molecule has 0 aliphatic carbocycles. The Morgan fingerprint density at radius 2 is 2.00 bits per heavy atom. The Morgan fingerprint density at radius 1 is 1.27 bits per heavy atom. The molecule has 140 valence electrons. The van der Waals surface area contributed by atoms with E-state index in [-0.39, 0.29) is 31.4 Å². The van der Waals surface area contributed by atoms with E-state index < -0.39 is 17.4 Å². The van der Waals surface area contributed by atoms with Crippen LogP contribution in [0.1, 0.15) is 29.6 Å². The lowest BCUT2D eigenvalue weighted by Gasteiger charge is -2.34. The number of aliphatic carboxylic acids is 1. The maximum absolute atomic E-state index is 12.6. The van der Waals surface area contributed by atoms with Crippen LogP contribution in [0, 0.1) is 5.92 Å². The van der Waals surface area contributed by atoms with Crippen LogP contribution < -0.4 is 5.32 Å². The summed E-state index contributed by atoms with van der Waals surface area (Å²) in [5.41, 5.74) is -0.846. The summed E-state index contributed by atoms with van der Waals surface area (Å²) in [4.78, 5) is 38.5. The third-order valence-corrected chi connectivity index (χ3v) is 5.22. The van der Waals surface area contributed by atoms with E-state index in [1.807, 2.05) is 0 Å². The maximum atomic E-state index is 12.6. The van der Waals surface area contributed by atoms with Gasteiger partial charge in [0.1, 0.15) is 0 Å². The van der Waals surface area contributed by atoms with Gasteiger partial charge in [-0.05, 0) is 37.1 Å². The Bertz CT molecular complexity index is 700. The number of hydrogen-bond donors (Lipinski definition) is 2. The molecule has 2 atom stereocenters. The van der Waals surface area contributed by atoms with Crippen molar-refractivity contribution in [2.45, 2.75) is 24.8 Å². The van der Waals surface area contributed by atoms with E-state index in [9.17, 15) is 19.5 Å². The molecule has 8 heteroatoms. The van der Waals surface area contributed by atoms with Crippen LogP contribution in [0.5, 0.6) is 0 Å². The second-order valence-corrected chi connectivity index (χ2v) is 7.21. The van der Waals surface area contributed by atoms with Crippen LogP contribution in [-0.2, 0) is 14.3 Å². The van der Waals surface area contributed by atoms with Gasteiger partial charge >= 0.3 is 5.97 Å². The standard InChI is InChI=1S/C18H21ClN2O5/c19-14-5-3-12(4-6-14)16(23)21-8-1-2-13(10-21)15(22)20-18(17(24)25)7-9-26-11-18/h3-6,13H,1-2,7-11H2,(H,20,22)(H,24,25). The number of benzene rings is 1. The molecule has 2 N–H and O–H groups in total. The Labute approximate surface area is 156 Å². The van der Waals surface area contributed by atoms with E-state index in [4.69, 9.17) is 16.3 Å². The third kappa shape index (κ3) is 3.83. The first-order valence-electron chi connectivity index (χ1n) is 8.59. The van der Waals surface area contributed by atoms with Crippen LogP contribution in [0.3, 0.4) is 0 Å². The Kier molecular flexibility index (Phi) is 5.48. The number of carbonyl (C=O) groups excluding carboxylic acids is 2. The quantitative estimate of drug-likeness (QED) is 0.826. The van der Waals surface area contributed by atoms with Crippen molar-refractivity contribution >= 4 is 29.4 Å². The molecule has 2 fully saturated rings. The monoisotopic (exact) mass is 380 g/mol. The molecule has 2 saturated heterocycles. The summed E-state index contributed by atoms with van der Waals surface area (Å²) in [6.45, 7) is 1.11. The van der Waals surface area contributed by atoms with Crippen molar-refractivity contribution in [3.8, 4) is 0 Å². The number of carboxylic acids is 1. The zero-order valence-corrected chi connectivity index (χ0v) is 15.0. The van der Waals surface area contributed by atoms with E-state index in [2.05, 4.69) is 5.32 Å². The number of carboxylic acid groups (broad SMARTS) is 1.